The standard InChI is InChI=1S/C18H15F2NO3/c19-12-7-11(8-13(20)9-12)17(22)21-14-3-4-15-16(10-14)24-18(23-15)5-1-2-6-18/h3-4,7-10H,1-2,5-6H2,(H,21,22). The van der Waals surface area contributed by atoms with Crippen LogP contribution in [0.2, 0.25) is 0 Å². The van der Waals surface area contributed by atoms with Crippen molar-refractivity contribution in [2.24, 2.45) is 0 Å². The number of nitrogens with one attached hydrogen (secondary N) is 1. The summed E-state index contributed by atoms with van der Waals surface area (Å²) in [6.45, 7) is 0. The van der Waals surface area contributed by atoms with Crippen molar-refractivity contribution in [1.29, 1.82) is 0 Å². The van der Waals surface area contributed by atoms with Crippen LogP contribution in [0, 0.1) is 11.6 Å². The zero-order chi connectivity index (χ0) is 16.7. The Balaban J connectivity index is 1.53. The van der Waals surface area contributed by atoms with E-state index in [-0.39, 0.29) is 5.56 Å². The lowest BCUT2D eigenvalue weighted by Crippen LogP contribution is -2.34. The molecule has 1 N–H and O–H groups in total. The van der Waals surface area contributed by atoms with Crippen LogP contribution in [0.15, 0.2) is 36.4 Å². The van der Waals surface area contributed by atoms with Crippen LogP contribution < -0.4 is 14.8 Å². The summed E-state index contributed by atoms with van der Waals surface area (Å²) in [5, 5.41) is 2.61. The molecule has 0 bridgehead atoms. The lowest BCUT2D eigenvalue weighted by molar-refractivity contribution is -0.0716. The highest BCUT2D eigenvalue weighted by Crippen LogP contribution is 2.47. The van der Waals surface area contributed by atoms with Crippen molar-refractivity contribution in [3.8, 4) is 11.5 Å². The van der Waals surface area contributed by atoms with Gasteiger partial charge in [0, 0.05) is 36.2 Å². The Kier molecular flexibility index (Phi) is 3.40. The molecule has 0 aromatic heterocycles. The number of anilines is 1. The van der Waals surface area contributed by atoms with Crippen LogP contribution in [0.5, 0.6) is 11.5 Å². The van der Waals surface area contributed by atoms with Crippen LogP contribution in [0.25, 0.3) is 0 Å². The number of ether oxygens (including phenoxy) is 2. The van der Waals surface area contributed by atoms with E-state index in [0.717, 1.165) is 43.9 Å². The van der Waals surface area contributed by atoms with Crippen LogP contribution in [0.3, 0.4) is 0 Å². The largest absolute Gasteiger partial charge is 0.448 e. The van der Waals surface area contributed by atoms with Gasteiger partial charge in [0.15, 0.2) is 11.5 Å². The maximum Gasteiger partial charge on any atom is 0.255 e. The summed E-state index contributed by atoms with van der Waals surface area (Å²) in [6, 6.07) is 7.75. The van der Waals surface area contributed by atoms with Crippen molar-refractivity contribution in [2.45, 2.75) is 31.5 Å². The van der Waals surface area contributed by atoms with Gasteiger partial charge in [-0.15, -0.1) is 0 Å². The topological polar surface area (TPSA) is 47.6 Å². The Labute approximate surface area is 137 Å². The van der Waals surface area contributed by atoms with Crippen LogP contribution >= 0.6 is 0 Å². The van der Waals surface area contributed by atoms with Crippen molar-refractivity contribution in [2.75, 3.05) is 5.32 Å². The Morgan fingerprint density at radius 2 is 1.62 bits per heavy atom. The first kappa shape index (κ1) is 14.9. The van der Waals surface area contributed by atoms with Gasteiger partial charge in [-0.25, -0.2) is 8.78 Å². The van der Waals surface area contributed by atoms with Gasteiger partial charge in [0.2, 0.25) is 0 Å². The van der Waals surface area contributed by atoms with Gasteiger partial charge >= 0.3 is 0 Å². The van der Waals surface area contributed by atoms with E-state index in [0.29, 0.717) is 17.2 Å². The number of benzene rings is 2. The van der Waals surface area contributed by atoms with Gasteiger partial charge in [0.05, 0.1) is 0 Å². The summed E-state index contributed by atoms with van der Waals surface area (Å²) in [5.74, 6) is -1.55. The second-order valence-electron chi connectivity index (χ2n) is 6.10. The molecule has 24 heavy (non-hydrogen) atoms. The smallest absolute Gasteiger partial charge is 0.255 e. The Morgan fingerprint density at radius 3 is 2.33 bits per heavy atom. The Bertz CT molecular complexity index is 796. The van der Waals surface area contributed by atoms with Crippen LogP contribution in [-0.2, 0) is 0 Å². The Hall–Kier alpha value is -2.63. The van der Waals surface area contributed by atoms with Crippen LogP contribution in [0.4, 0.5) is 14.5 Å². The maximum absolute atomic E-state index is 13.2. The predicted octanol–water partition coefficient (Wildman–Crippen LogP) is 4.26. The van der Waals surface area contributed by atoms with Gasteiger partial charge in [0.25, 0.3) is 11.7 Å². The van der Waals surface area contributed by atoms with Gasteiger partial charge in [-0.2, -0.15) is 0 Å². The van der Waals surface area contributed by atoms with E-state index in [2.05, 4.69) is 5.32 Å². The molecule has 124 valence electrons. The van der Waals surface area contributed by atoms with Gasteiger partial charge in [-0.3, -0.25) is 4.79 Å². The van der Waals surface area contributed by atoms with Gasteiger partial charge in [-0.05, 0) is 37.1 Å². The summed E-state index contributed by atoms with van der Waals surface area (Å²) >= 11 is 0. The fraction of sp³-hybridized carbons (Fsp3) is 0.278. The SMILES string of the molecule is O=C(Nc1ccc2c(c1)OC1(CCCC1)O2)c1cc(F)cc(F)c1. The van der Waals surface area contributed by atoms with Gasteiger partial charge < -0.3 is 14.8 Å². The van der Waals surface area contributed by atoms with Crippen LogP contribution in [0.1, 0.15) is 36.0 Å². The number of hydrogen-bond acceptors (Lipinski definition) is 3. The summed E-state index contributed by atoms with van der Waals surface area (Å²) in [4.78, 5) is 12.2. The summed E-state index contributed by atoms with van der Waals surface area (Å²) in [6.07, 6.45) is 3.79. The lowest BCUT2D eigenvalue weighted by atomic mass is 10.2. The van der Waals surface area contributed by atoms with E-state index in [1.807, 2.05) is 0 Å². The van der Waals surface area contributed by atoms with Crippen molar-refractivity contribution in [1.82, 2.24) is 0 Å². The zero-order valence-corrected chi connectivity index (χ0v) is 12.8. The highest BCUT2D eigenvalue weighted by Gasteiger charge is 2.44. The molecular formula is C18H15F2NO3. The van der Waals surface area contributed by atoms with Crippen molar-refractivity contribution < 1.29 is 23.0 Å². The monoisotopic (exact) mass is 331 g/mol. The third-order valence-electron chi connectivity index (χ3n) is 4.28. The summed E-state index contributed by atoms with van der Waals surface area (Å²) < 4.78 is 38.3. The average molecular weight is 331 g/mol. The minimum atomic E-state index is -0.797. The quantitative estimate of drug-likeness (QED) is 0.894. The number of amides is 1. The van der Waals surface area contributed by atoms with Gasteiger partial charge in [-0.1, -0.05) is 0 Å². The molecule has 0 unspecified atom stereocenters. The normalized spacial score (nSPS) is 17.2. The van der Waals surface area contributed by atoms with Crippen LogP contribution in [-0.4, -0.2) is 11.7 Å². The molecule has 2 aliphatic rings. The zero-order valence-electron chi connectivity index (χ0n) is 12.8. The van der Waals surface area contributed by atoms with E-state index in [4.69, 9.17) is 9.47 Å². The van der Waals surface area contributed by atoms with E-state index in [1.54, 1.807) is 18.2 Å². The number of hydrogen-bond donors (Lipinski definition) is 1. The molecule has 1 fully saturated rings. The molecule has 1 spiro atoms. The molecule has 4 rings (SSSR count). The summed E-state index contributed by atoms with van der Waals surface area (Å²) in [5.41, 5.74) is 0.388. The fourth-order valence-corrected chi connectivity index (χ4v) is 3.18. The number of carbonyl (C=O) groups is 1. The highest BCUT2D eigenvalue weighted by atomic mass is 19.1. The average Bonchev–Trinajstić information content (AvgIpc) is 3.12. The minimum Gasteiger partial charge on any atom is -0.448 e. The predicted molar refractivity (Wildman–Crippen MR) is 83.2 cm³/mol. The molecule has 1 amide bonds. The first-order valence-corrected chi connectivity index (χ1v) is 7.83. The van der Waals surface area contributed by atoms with Crippen molar-refractivity contribution in [3.63, 3.8) is 0 Å². The molecule has 0 atom stereocenters. The highest BCUT2D eigenvalue weighted by molar-refractivity contribution is 6.04. The van der Waals surface area contributed by atoms with E-state index in [1.165, 1.54) is 0 Å². The van der Waals surface area contributed by atoms with Crippen molar-refractivity contribution >= 4 is 11.6 Å². The third-order valence-corrected chi connectivity index (χ3v) is 4.28. The number of carbonyl (C=O) groups excluding carboxylic acids is 1. The molecule has 1 aliphatic heterocycles. The molecule has 2 aromatic carbocycles. The number of rotatable bonds is 2. The minimum absolute atomic E-state index is 0.0857. The second-order valence-corrected chi connectivity index (χ2v) is 6.10. The second kappa shape index (κ2) is 5.47. The molecule has 1 aliphatic carbocycles. The first-order valence-electron chi connectivity index (χ1n) is 7.83. The third kappa shape index (κ3) is 2.68. The summed E-state index contributed by atoms with van der Waals surface area (Å²) in [7, 11) is 0. The molecule has 4 nitrogen and oxygen atoms in total. The number of halogens is 2. The fourth-order valence-electron chi connectivity index (χ4n) is 3.18. The molecule has 1 heterocycles. The van der Waals surface area contributed by atoms with Gasteiger partial charge in [0.1, 0.15) is 11.6 Å². The molecule has 2 aromatic rings. The van der Waals surface area contributed by atoms with Crippen molar-refractivity contribution in [3.05, 3.63) is 53.6 Å². The molecule has 0 saturated heterocycles. The molecule has 1 saturated carbocycles. The Morgan fingerprint density at radius 1 is 0.958 bits per heavy atom. The van der Waals surface area contributed by atoms with E-state index >= 15 is 0 Å². The first-order chi connectivity index (χ1) is 11.5. The molecule has 6 heteroatoms. The molecule has 0 radical (unpaired) electrons. The maximum atomic E-state index is 13.2. The number of fused-ring (bicyclic) bond motifs is 1. The van der Waals surface area contributed by atoms with E-state index in [9.17, 15) is 13.6 Å². The molecular weight excluding hydrogens is 316 g/mol. The lowest BCUT2D eigenvalue weighted by Gasteiger charge is -2.21. The van der Waals surface area contributed by atoms with E-state index < -0.39 is 23.3 Å².